The number of ether oxygens (including phenoxy) is 3. The zero-order valence-corrected chi connectivity index (χ0v) is 17.6. The average Bonchev–Trinajstić information content (AvgIpc) is 3.10. The lowest BCUT2D eigenvalue weighted by atomic mass is 10.1. The SMILES string of the molecule is CCOC(=O)C1C(C(=O)OC)=C(NCc2ccccc2)C(=O)N1c1ccc(OC)cc1. The van der Waals surface area contributed by atoms with Gasteiger partial charge in [0.1, 0.15) is 17.0 Å². The fourth-order valence-corrected chi connectivity index (χ4v) is 3.35. The number of anilines is 1. The van der Waals surface area contributed by atoms with Crippen LogP contribution in [-0.2, 0) is 30.4 Å². The molecule has 8 heteroatoms. The Hall–Kier alpha value is -3.81. The molecule has 1 N–H and O–H groups in total. The van der Waals surface area contributed by atoms with Crippen molar-refractivity contribution < 1.29 is 28.6 Å². The van der Waals surface area contributed by atoms with Crippen LogP contribution < -0.4 is 15.0 Å². The number of rotatable bonds is 8. The zero-order valence-electron chi connectivity index (χ0n) is 17.6. The molecule has 0 fully saturated rings. The molecule has 1 aliphatic rings. The summed E-state index contributed by atoms with van der Waals surface area (Å²) in [5.74, 6) is -1.44. The molecule has 2 aromatic carbocycles. The van der Waals surface area contributed by atoms with E-state index in [9.17, 15) is 14.4 Å². The van der Waals surface area contributed by atoms with Crippen LogP contribution >= 0.6 is 0 Å². The number of carbonyl (C=O) groups excluding carboxylic acids is 3. The van der Waals surface area contributed by atoms with E-state index in [0.717, 1.165) is 5.56 Å². The van der Waals surface area contributed by atoms with Crippen molar-refractivity contribution in [2.45, 2.75) is 19.5 Å². The molecule has 0 saturated heterocycles. The van der Waals surface area contributed by atoms with E-state index in [1.165, 1.54) is 19.1 Å². The van der Waals surface area contributed by atoms with E-state index in [2.05, 4.69) is 5.32 Å². The zero-order chi connectivity index (χ0) is 22.4. The molecule has 162 valence electrons. The van der Waals surface area contributed by atoms with Crippen molar-refractivity contribution in [3.8, 4) is 5.75 Å². The summed E-state index contributed by atoms with van der Waals surface area (Å²) in [6.07, 6.45) is 0. The number of nitrogens with zero attached hydrogens (tertiary/aromatic N) is 1. The molecular weight excluding hydrogens is 400 g/mol. The standard InChI is InChI=1S/C23H24N2O6/c1-4-31-23(28)20-18(22(27)30-3)19(24-14-15-8-6-5-7-9-15)21(26)25(20)16-10-12-17(29-2)13-11-16/h5-13,20,24H,4,14H2,1-3H3. The number of benzene rings is 2. The Labute approximate surface area is 180 Å². The largest absolute Gasteiger partial charge is 0.497 e. The van der Waals surface area contributed by atoms with Crippen LogP contribution in [-0.4, -0.2) is 44.7 Å². The molecule has 0 aromatic heterocycles. The van der Waals surface area contributed by atoms with Gasteiger partial charge in [0.05, 0.1) is 20.8 Å². The fourth-order valence-electron chi connectivity index (χ4n) is 3.35. The molecule has 2 aromatic rings. The summed E-state index contributed by atoms with van der Waals surface area (Å²) in [5.41, 5.74) is 1.24. The molecule has 0 aliphatic carbocycles. The number of methoxy groups -OCH3 is 2. The molecule has 31 heavy (non-hydrogen) atoms. The minimum absolute atomic E-state index is 0.00424. The molecular formula is C23H24N2O6. The highest BCUT2D eigenvalue weighted by Gasteiger charge is 2.48. The minimum atomic E-state index is -1.27. The van der Waals surface area contributed by atoms with E-state index < -0.39 is 23.9 Å². The van der Waals surface area contributed by atoms with Crippen molar-refractivity contribution in [1.29, 1.82) is 0 Å². The first kappa shape index (κ1) is 21.9. The highest BCUT2D eigenvalue weighted by atomic mass is 16.5. The summed E-state index contributed by atoms with van der Waals surface area (Å²) in [4.78, 5) is 40.1. The number of amides is 1. The van der Waals surface area contributed by atoms with Gasteiger partial charge in [-0.05, 0) is 36.8 Å². The monoisotopic (exact) mass is 424 g/mol. The smallest absolute Gasteiger partial charge is 0.338 e. The number of hydrogen-bond acceptors (Lipinski definition) is 7. The van der Waals surface area contributed by atoms with Crippen LogP contribution in [0.15, 0.2) is 65.9 Å². The van der Waals surface area contributed by atoms with Crippen LogP contribution in [0.4, 0.5) is 5.69 Å². The second-order valence-electron chi connectivity index (χ2n) is 6.65. The van der Waals surface area contributed by atoms with Gasteiger partial charge >= 0.3 is 11.9 Å². The lowest BCUT2D eigenvalue weighted by molar-refractivity contribution is -0.146. The molecule has 1 heterocycles. The van der Waals surface area contributed by atoms with E-state index in [-0.39, 0.29) is 24.4 Å². The molecule has 0 bridgehead atoms. The Kier molecular flexibility index (Phi) is 6.92. The lowest BCUT2D eigenvalue weighted by Gasteiger charge is -2.24. The van der Waals surface area contributed by atoms with Crippen molar-refractivity contribution in [3.05, 3.63) is 71.4 Å². The maximum Gasteiger partial charge on any atom is 0.338 e. The van der Waals surface area contributed by atoms with Crippen LogP contribution in [0, 0.1) is 0 Å². The van der Waals surface area contributed by atoms with Crippen molar-refractivity contribution in [2.75, 3.05) is 25.7 Å². The molecule has 1 amide bonds. The molecule has 8 nitrogen and oxygen atoms in total. The van der Waals surface area contributed by atoms with Crippen molar-refractivity contribution >= 4 is 23.5 Å². The highest BCUT2D eigenvalue weighted by Crippen LogP contribution is 2.33. The summed E-state index contributed by atoms with van der Waals surface area (Å²) in [6, 6.07) is 14.7. The van der Waals surface area contributed by atoms with Crippen LogP contribution in [0.25, 0.3) is 0 Å². The summed E-state index contributed by atoms with van der Waals surface area (Å²) < 4.78 is 15.2. The molecule has 0 saturated carbocycles. The number of esters is 2. The van der Waals surface area contributed by atoms with Crippen LogP contribution in [0.5, 0.6) is 5.75 Å². The van der Waals surface area contributed by atoms with E-state index in [0.29, 0.717) is 11.4 Å². The molecule has 1 aliphatic heterocycles. The van der Waals surface area contributed by atoms with Gasteiger partial charge in [0.15, 0.2) is 6.04 Å². The normalized spacial score (nSPS) is 15.6. The third-order valence-corrected chi connectivity index (χ3v) is 4.81. The molecule has 1 atom stereocenters. The van der Waals surface area contributed by atoms with Gasteiger partial charge in [-0.25, -0.2) is 9.59 Å². The van der Waals surface area contributed by atoms with Gasteiger partial charge in [-0.1, -0.05) is 30.3 Å². The predicted octanol–water partition coefficient (Wildman–Crippen LogP) is 2.19. The highest BCUT2D eigenvalue weighted by molar-refractivity contribution is 6.20. The average molecular weight is 424 g/mol. The molecule has 0 spiro atoms. The number of carbonyl (C=O) groups is 3. The lowest BCUT2D eigenvalue weighted by Crippen LogP contribution is -2.43. The van der Waals surface area contributed by atoms with Gasteiger partial charge in [-0.3, -0.25) is 9.69 Å². The number of nitrogens with one attached hydrogen (secondary N) is 1. The third kappa shape index (κ3) is 4.53. The van der Waals surface area contributed by atoms with Crippen LogP contribution in [0.2, 0.25) is 0 Å². The van der Waals surface area contributed by atoms with Gasteiger partial charge in [-0.2, -0.15) is 0 Å². The Morgan fingerprint density at radius 3 is 2.29 bits per heavy atom. The first-order chi connectivity index (χ1) is 15.0. The molecule has 3 rings (SSSR count). The van der Waals surface area contributed by atoms with Gasteiger partial charge in [-0.15, -0.1) is 0 Å². The molecule has 0 radical (unpaired) electrons. The topological polar surface area (TPSA) is 94.2 Å². The Bertz CT molecular complexity index is 985. The van der Waals surface area contributed by atoms with E-state index in [1.54, 1.807) is 31.2 Å². The summed E-state index contributed by atoms with van der Waals surface area (Å²) in [5, 5.41) is 3.02. The molecule has 1 unspecified atom stereocenters. The van der Waals surface area contributed by atoms with Crippen molar-refractivity contribution in [1.82, 2.24) is 5.32 Å². The van der Waals surface area contributed by atoms with E-state index in [1.807, 2.05) is 30.3 Å². The fraction of sp³-hybridized carbons (Fsp3) is 0.261. The Balaban J connectivity index is 2.04. The number of hydrogen-bond donors (Lipinski definition) is 1. The quantitative estimate of drug-likeness (QED) is 0.649. The Morgan fingerprint density at radius 1 is 1.03 bits per heavy atom. The van der Waals surface area contributed by atoms with Gasteiger partial charge in [0, 0.05) is 12.2 Å². The summed E-state index contributed by atoms with van der Waals surface area (Å²) in [7, 11) is 2.73. The predicted molar refractivity (Wildman–Crippen MR) is 113 cm³/mol. The Morgan fingerprint density at radius 2 is 1.71 bits per heavy atom. The summed E-state index contributed by atoms with van der Waals surface area (Å²) >= 11 is 0. The minimum Gasteiger partial charge on any atom is -0.497 e. The van der Waals surface area contributed by atoms with Gasteiger partial charge in [0.25, 0.3) is 5.91 Å². The van der Waals surface area contributed by atoms with Gasteiger partial charge in [0.2, 0.25) is 0 Å². The van der Waals surface area contributed by atoms with E-state index >= 15 is 0 Å². The second-order valence-corrected chi connectivity index (χ2v) is 6.65. The van der Waals surface area contributed by atoms with Crippen LogP contribution in [0.1, 0.15) is 12.5 Å². The first-order valence-corrected chi connectivity index (χ1v) is 9.76. The van der Waals surface area contributed by atoms with Gasteiger partial charge < -0.3 is 19.5 Å². The summed E-state index contributed by atoms with van der Waals surface area (Å²) in [6.45, 7) is 2.04. The van der Waals surface area contributed by atoms with E-state index in [4.69, 9.17) is 14.2 Å². The maximum absolute atomic E-state index is 13.4. The first-order valence-electron chi connectivity index (χ1n) is 9.76. The maximum atomic E-state index is 13.4. The van der Waals surface area contributed by atoms with Crippen LogP contribution in [0.3, 0.4) is 0 Å². The van der Waals surface area contributed by atoms with Crippen molar-refractivity contribution in [3.63, 3.8) is 0 Å². The second kappa shape index (κ2) is 9.80. The third-order valence-electron chi connectivity index (χ3n) is 4.81. The van der Waals surface area contributed by atoms with Crippen molar-refractivity contribution in [2.24, 2.45) is 0 Å².